The smallest absolute Gasteiger partial charge is 0.0619 e. The molecule has 2 heterocycles. The highest BCUT2D eigenvalue weighted by Crippen LogP contribution is 2.37. The first-order chi connectivity index (χ1) is 9.25. The molecule has 2 fully saturated rings. The van der Waals surface area contributed by atoms with Gasteiger partial charge in [0, 0.05) is 30.7 Å². The Morgan fingerprint density at radius 1 is 1.00 bits per heavy atom. The van der Waals surface area contributed by atoms with Gasteiger partial charge in [0.2, 0.25) is 0 Å². The third-order valence-corrected chi connectivity index (χ3v) is 4.73. The van der Waals surface area contributed by atoms with Crippen LogP contribution in [0.5, 0.6) is 0 Å². The van der Waals surface area contributed by atoms with Gasteiger partial charge in [0.05, 0.1) is 11.4 Å². The predicted octanol–water partition coefficient (Wildman–Crippen LogP) is 4.32. The highest BCUT2D eigenvalue weighted by Gasteiger charge is 2.24. The van der Waals surface area contributed by atoms with E-state index in [0.717, 1.165) is 5.02 Å². The molecule has 0 N–H and O–H groups in total. The third kappa shape index (κ3) is 2.69. The first-order valence-corrected chi connectivity index (χ1v) is 7.94. The molecule has 1 aromatic rings. The lowest BCUT2D eigenvalue weighted by Crippen LogP contribution is -2.38. The largest absolute Gasteiger partial charge is 0.370 e. The van der Waals surface area contributed by atoms with Crippen LogP contribution in [0.3, 0.4) is 0 Å². The standard InChI is InChI=1S/C16H23ClN2/c1-13-6-2-3-11-19(13)15-8-7-14(17)12-16(15)18-9-4-5-10-18/h7-8,12-13H,2-6,9-11H2,1H3. The minimum Gasteiger partial charge on any atom is -0.370 e. The Balaban J connectivity index is 1.94. The van der Waals surface area contributed by atoms with Gasteiger partial charge in [-0.25, -0.2) is 0 Å². The second-order valence-electron chi connectivity index (χ2n) is 5.87. The maximum absolute atomic E-state index is 6.23. The summed E-state index contributed by atoms with van der Waals surface area (Å²) >= 11 is 6.23. The summed E-state index contributed by atoms with van der Waals surface area (Å²) < 4.78 is 0. The predicted molar refractivity (Wildman–Crippen MR) is 83.6 cm³/mol. The van der Waals surface area contributed by atoms with Crippen LogP contribution in [-0.4, -0.2) is 25.7 Å². The summed E-state index contributed by atoms with van der Waals surface area (Å²) in [6.07, 6.45) is 6.60. The third-order valence-electron chi connectivity index (χ3n) is 4.50. The van der Waals surface area contributed by atoms with Crippen molar-refractivity contribution in [3.8, 4) is 0 Å². The van der Waals surface area contributed by atoms with Crippen molar-refractivity contribution in [2.75, 3.05) is 29.4 Å². The fourth-order valence-corrected chi connectivity index (χ4v) is 3.57. The van der Waals surface area contributed by atoms with Gasteiger partial charge in [-0.1, -0.05) is 11.6 Å². The van der Waals surface area contributed by atoms with Crippen LogP contribution >= 0.6 is 11.6 Å². The van der Waals surface area contributed by atoms with E-state index >= 15 is 0 Å². The monoisotopic (exact) mass is 278 g/mol. The molecule has 19 heavy (non-hydrogen) atoms. The molecule has 0 amide bonds. The van der Waals surface area contributed by atoms with Gasteiger partial charge in [0.15, 0.2) is 0 Å². The van der Waals surface area contributed by atoms with Gasteiger partial charge in [-0.3, -0.25) is 0 Å². The Kier molecular flexibility index (Phi) is 3.88. The molecule has 1 aromatic carbocycles. The van der Waals surface area contributed by atoms with Gasteiger partial charge in [-0.05, 0) is 57.2 Å². The van der Waals surface area contributed by atoms with E-state index in [4.69, 9.17) is 11.6 Å². The van der Waals surface area contributed by atoms with Gasteiger partial charge in [-0.2, -0.15) is 0 Å². The zero-order chi connectivity index (χ0) is 13.2. The highest BCUT2D eigenvalue weighted by molar-refractivity contribution is 6.31. The minimum absolute atomic E-state index is 0.649. The normalized spacial score (nSPS) is 24.0. The van der Waals surface area contributed by atoms with Crippen LogP contribution in [0.1, 0.15) is 39.0 Å². The average molecular weight is 279 g/mol. The number of halogens is 1. The number of rotatable bonds is 2. The molecule has 104 valence electrons. The maximum Gasteiger partial charge on any atom is 0.0619 e. The minimum atomic E-state index is 0.649. The van der Waals surface area contributed by atoms with Crippen molar-refractivity contribution in [2.45, 2.75) is 45.1 Å². The van der Waals surface area contributed by atoms with Crippen LogP contribution in [-0.2, 0) is 0 Å². The van der Waals surface area contributed by atoms with Crippen LogP contribution in [0.2, 0.25) is 5.02 Å². The van der Waals surface area contributed by atoms with Crippen molar-refractivity contribution in [1.82, 2.24) is 0 Å². The van der Waals surface area contributed by atoms with E-state index in [1.54, 1.807) is 0 Å². The molecule has 0 aliphatic carbocycles. The second kappa shape index (κ2) is 5.62. The molecule has 2 nitrogen and oxygen atoms in total. The summed E-state index contributed by atoms with van der Waals surface area (Å²) in [5, 5.41) is 0.857. The molecule has 0 radical (unpaired) electrons. The Labute approximate surface area is 121 Å². The van der Waals surface area contributed by atoms with Gasteiger partial charge in [0.25, 0.3) is 0 Å². The van der Waals surface area contributed by atoms with Crippen LogP contribution in [0.15, 0.2) is 18.2 Å². The molecule has 0 aromatic heterocycles. The number of hydrogen-bond donors (Lipinski definition) is 0. The molecule has 3 rings (SSSR count). The van der Waals surface area contributed by atoms with E-state index in [1.165, 1.54) is 63.1 Å². The van der Waals surface area contributed by atoms with Gasteiger partial charge in [-0.15, -0.1) is 0 Å². The molecule has 0 bridgehead atoms. The second-order valence-corrected chi connectivity index (χ2v) is 6.30. The van der Waals surface area contributed by atoms with Crippen molar-refractivity contribution in [3.05, 3.63) is 23.2 Å². The lowest BCUT2D eigenvalue weighted by atomic mass is 10.0. The number of piperidine rings is 1. The molecule has 1 unspecified atom stereocenters. The first kappa shape index (κ1) is 13.1. The van der Waals surface area contributed by atoms with E-state index in [9.17, 15) is 0 Å². The summed E-state index contributed by atoms with van der Waals surface area (Å²) in [6, 6.07) is 7.07. The molecule has 2 aliphatic heterocycles. The summed E-state index contributed by atoms with van der Waals surface area (Å²) in [7, 11) is 0. The zero-order valence-corrected chi connectivity index (χ0v) is 12.5. The van der Waals surface area contributed by atoms with E-state index < -0.39 is 0 Å². The van der Waals surface area contributed by atoms with E-state index in [1.807, 2.05) is 6.07 Å². The van der Waals surface area contributed by atoms with Crippen molar-refractivity contribution >= 4 is 23.0 Å². The molecular formula is C16H23ClN2. The van der Waals surface area contributed by atoms with Crippen molar-refractivity contribution < 1.29 is 0 Å². The van der Waals surface area contributed by atoms with Crippen LogP contribution in [0.25, 0.3) is 0 Å². The van der Waals surface area contributed by atoms with Crippen molar-refractivity contribution in [3.63, 3.8) is 0 Å². The first-order valence-electron chi connectivity index (χ1n) is 7.57. The lowest BCUT2D eigenvalue weighted by Gasteiger charge is -2.38. The molecule has 2 saturated heterocycles. The molecule has 0 spiro atoms. The molecule has 0 saturated carbocycles. The van der Waals surface area contributed by atoms with E-state index in [-0.39, 0.29) is 0 Å². The van der Waals surface area contributed by atoms with Crippen LogP contribution in [0, 0.1) is 0 Å². The Bertz CT molecular complexity index is 440. The molecule has 2 aliphatic rings. The highest BCUT2D eigenvalue weighted by atomic mass is 35.5. The van der Waals surface area contributed by atoms with E-state index in [0.29, 0.717) is 6.04 Å². The van der Waals surface area contributed by atoms with Crippen molar-refractivity contribution in [2.24, 2.45) is 0 Å². The van der Waals surface area contributed by atoms with Crippen LogP contribution < -0.4 is 9.80 Å². The SMILES string of the molecule is CC1CCCCN1c1ccc(Cl)cc1N1CCCC1. The maximum atomic E-state index is 6.23. The Morgan fingerprint density at radius 3 is 2.47 bits per heavy atom. The van der Waals surface area contributed by atoms with Crippen LogP contribution in [0.4, 0.5) is 11.4 Å². The fourth-order valence-electron chi connectivity index (χ4n) is 3.41. The number of benzene rings is 1. The van der Waals surface area contributed by atoms with Gasteiger partial charge < -0.3 is 9.80 Å². The summed E-state index contributed by atoms with van der Waals surface area (Å²) in [4.78, 5) is 5.08. The van der Waals surface area contributed by atoms with Crippen molar-refractivity contribution in [1.29, 1.82) is 0 Å². The summed E-state index contributed by atoms with van der Waals surface area (Å²) in [5.74, 6) is 0. The number of hydrogen-bond acceptors (Lipinski definition) is 2. The fraction of sp³-hybridized carbons (Fsp3) is 0.625. The average Bonchev–Trinajstić information content (AvgIpc) is 2.93. The topological polar surface area (TPSA) is 6.48 Å². The number of nitrogens with zero attached hydrogens (tertiary/aromatic N) is 2. The molecular weight excluding hydrogens is 256 g/mol. The molecule has 1 atom stereocenters. The van der Waals surface area contributed by atoms with Gasteiger partial charge in [0.1, 0.15) is 0 Å². The summed E-state index contributed by atoms with van der Waals surface area (Å²) in [5.41, 5.74) is 2.73. The lowest BCUT2D eigenvalue weighted by molar-refractivity contribution is 0.485. The summed E-state index contributed by atoms with van der Waals surface area (Å²) in [6.45, 7) is 5.89. The number of anilines is 2. The Hall–Kier alpha value is -0.890. The van der Waals surface area contributed by atoms with Gasteiger partial charge >= 0.3 is 0 Å². The van der Waals surface area contributed by atoms with E-state index in [2.05, 4.69) is 28.9 Å². The quantitative estimate of drug-likeness (QED) is 0.795. The zero-order valence-electron chi connectivity index (χ0n) is 11.7. The Morgan fingerprint density at radius 2 is 1.74 bits per heavy atom. The molecule has 3 heteroatoms.